The molecule has 1 unspecified atom stereocenters. The predicted molar refractivity (Wildman–Crippen MR) is 27.7 cm³/mol. The molecule has 0 saturated heterocycles. The van der Waals surface area contributed by atoms with Crippen molar-refractivity contribution in [2.24, 2.45) is 0 Å². The van der Waals surface area contributed by atoms with E-state index in [2.05, 4.69) is 4.74 Å². The third kappa shape index (κ3) is 3.14. The first-order valence-corrected chi connectivity index (χ1v) is 3.11. The molecule has 0 radical (unpaired) electrons. The first kappa shape index (κ1) is 14.3. The molecule has 0 saturated carbocycles. The van der Waals surface area contributed by atoms with E-state index in [9.17, 15) is 39.5 Å². The van der Waals surface area contributed by atoms with Gasteiger partial charge in [-0.15, -0.1) is 0 Å². The normalized spacial score (nSPS) is 18.8. The van der Waals surface area contributed by atoms with E-state index in [1.807, 2.05) is 0 Å². The Morgan fingerprint density at radius 2 is 1.00 bits per heavy atom. The van der Waals surface area contributed by atoms with Crippen molar-refractivity contribution in [3.8, 4) is 0 Å². The summed E-state index contributed by atoms with van der Waals surface area (Å²) in [5.41, 5.74) is 0. The van der Waals surface area contributed by atoms with E-state index in [0.29, 0.717) is 0 Å². The Balaban J connectivity index is 4.89. The Hall–Kier alpha value is -0.670. The van der Waals surface area contributed by atoms with Crippen LogP contribution in [-0.4, -0.2) is 24.3 Å². The molecule has 0 aromatic heterocycles. The molecule has 0 fully saturated rings. The van der Waals surface area contributed by atoms with E-state index >= 15 is 0 Å². The fourth-order valence-corrected chi connectivity index (χ4v) is 0.356. The van der Waals surface area contributed by atoms with E-state index in [0.717, 1.165) is 0 Å². The Labute approximate surface area is 76.8 Å². The quantitative estimate of drug-likeness (QED) is 0.682. The molecule has 92 valence electrons. The van der Waals surface area contributed by atoms with Gasteiger partial charge in [0, 0.05) is 6.92 Å². The first-order chi connectivity index (χ1) is 6.21. The fraction of sp³-hybridized carbons (Fsp3) is 1.00. The van der Waals surface area contributed by atoms with Crippen molar-refractivity contribution in [3.05, 3.63) is 0 Å². The van der Waals surface area contributed by atoms with Crippen molar-refractivity contribution in [2.45, 2.75) is 31.2 Å². The second-order valence-electron chi connectivity index (χ2n) is 2.53. The second-order valence-corrected chi connectivity index (χ2v) is 2.53. The lowest BCUT2D eigenvalue weighted by atomic mass is 10.3. The molecule has 0 heterocycles. The lowest BCUT2D eigenvalue weighted by molar-refractivity contribution is -0.466. The van der Waals surface area contributed by atoms with E-state index in [1.54, 1.807) is 0 Å². The van der Waals surface area contributed by atoms with Crippen LogP contribution in [0.25, 0.3) is 0 Å². The highest BCUT2D eigenvalue weighted by atomic mass is 19.4. The molecule has 1 atom stereocenters. The zero-order valence-electron chi connectivity index (χ0n) is 6.81. The van der Waals surface area contributed by atoms with Crippen LogP contribution in [0.3, 0.4) is 0 Å². The van der Waals surface area contributed by atoms with Gasteiger partial charge in [-0.3, -0.25) is 4.74 Å². The third-order valence-corrected chi connectivity index (χ3v) is 1.16. The minimum absolute atomic E-state index is 0.591. The van der Waals surface area contributed by atoms with Crippen molar-refractivity contribution in [2.75, 3.05) is 0 Å². The number of alkyl halides is 9. The van der Waals surface area contributed by atoms with Gasteiger partial charge in [-0.1, -0.05) is 0 Å². The molecule has 0 amide bonds. The van der Waals surface area contributed by atoms with Gasteiger partial charge >= 0.3 is 24.3 Å². The lowest BCUT2D eigenvalue weighted by Gasteiger charge is -2.29. The van der Waals surface area contributed by atoms with Gasteiger partial charge in [0.2, 0.25) is 0 Å². The van der Waals surface area contributed by atoms with Gasteiger partial charge in [-0.05, 0) is 0 Å². The maximum atomic E-state index is 12.3. The standard InChI is InChI=1S/C5H3F9O/c1-2(6,3(7,8)9)15-5(13,14)4(10,11)12/h1H3. The fourth-order valence-electron chi connectivity index (χ4n) is 0.356. The summed E-state index contributed by atoms with van der Waals surface area (Å²) >= 11 is 0. The second kappa shape index (κ2) is 3.42. The van der Waals surface area contributed by atoms with Crippen LogP contribution >= 0.6 is 0 Å². The molecule has 0 aromatic rings. The Kier molecular flexibility index (Phi) is 3.27. The van der Waals surface area contributed by atoms with Crippen LogP contribution in [0.15, 0.2) is 0 Å². The maximum absolute atomic E-state index is 12.3. The van der Waals surface area contributed by atoms with Gasteiger partial charge in [0.15, 0.2) is 0 Å². The molecule has 0 rings (SSSR count). The van der Waals surface area contributed by atoms with E-state index in [-0.39, 0.29) is 0 Å². The molecule has 1 nitrogen and oxygen atoms in total. The van der Waals surface area contributed by atoms with Gasteiger partial charge in [-0.25, -0.2) is 4.39 Å². The average molecular weight is 250 g/mol. The molecule has 15 heavy (non-hydrogen) atoms. The van der Waals surface area contributed by atoms with Crippen molar-refractivity contribution < 1.29 is 44.3 Å². The van der Waals surface area contributed by atoms with Crippen LogP contribution in [-0.2, 0) is 4.74 Å². The van der Waals surface area contributed by atoms with Crippen LogP contribution in [0, 0.1) is 0 Å². The molecule has 0 N–H and O–H groups in total. The summed E-state index contributed by atoms with van der Waals surface area (Å²) in [6.45, 7) is -0.591. The zero-order valence-corrected chi connectivity index (χ0v) is 6.81. The van der Waals surface area contributed by atoms with E-state index < -0.39 is 31.2 Å². The van der Waals surface area contributed by atoms with Crippen LogP contribution in [0.4, 0.5) is 39.5 Å². The van der Waals surface area contributed by atoms with Crippen molar-refractivity contribution in [3.63, 3.8) is 0 Å². The van der Waals surface area contributed by atoms with Crippen molar-refractivity contribution in [1.29, 1.82) is 0 Å². The first-order valence-electron chi connectivity index (χ1n) is 3.11. The Morgan fingerprint density at radius 1 is 0.667 bits per heavy atom. The molecule has 0 spiro atoms. The van der Waals surface area contributed by atoms with Gasteiger partial charge in [0.25, 0.3) is 0 Å². The largest absolute Gasteiger partial charge is 0.483 e. The number of hydrogen-bond donors (Lipinski definition) is 0. The van der Waals surface area contributed by atoms with Gasteiger partial charge in [0.05, 0.1) is 0 Å². The van der Waals surface area contributed by atoms with Gasteiger partial charge < -0.3 is 0 Å². The highest BCUT2D eigenvalue weighted by Gasteiger charge is 2.67. The molecule has 0 aliphatic rings. The summed E-state index contributed by atoms with van der Waals surface area (Å²) < 4.78 is 107. The number of rotatable bonds is 2. The smallest absolute Gasteiger partial charge is 0.267 e. The van der Waals surface area contributed by atoms with Crippen molar-refractivity contribution >= 4 is 0 Å². The molecule has 0 aromatic carbocycles. The van der Waals surface area contributed by atoms with Crippen LogP contribution in [0.1, 0.15) is 6.92 Å². The minimum Gasteiger partial charge on any atom is -0.267 e. The van der Waals surface area contributed by atoms with Crippen LogP contribution in [0.5, 0.6) is 0 Å². The van der Waals surface area contributed by atoms with Gasteiger partial charge in [0.1, 0.15) is 0 Å². The highest BCUT2D eigenvalue weighted by Crippen LogP contribution is 2.44. The highest BCUT2D eigenvalue weighted by molar-refractivity contribution is 4.76. The van der Waals surface area contributed by atoms with Crippen LogP contribution < -0.4 is 0 Å². The topological polar surface area (TPSA) is 9.23 Å². The summed E-state index contributed by atoms with van der Waals surface area (Å²) in [6, 6.07) is 0. The van der Waals surface area contributed by atoms with E-state index in [4.69, 9.17) is 0 Å². The summed E-state index contributed by atoms with van der Waals surface area (Å²) in [4.78, 5) is 0. The van der Waals surface area contributed by atoms with Crippen LogP contribution in [0.2, 0.25) is 0 Å². The summed E-state index contributed by atoms with van der Waals surface area (Å²) in [5.74, 6) is -5.09. The van der Waals surface area contributed by atoms with E-state index in [1.165, 1.54) is 0 Å². The molecule has 0 aliphatic carbocycles. The molecule has 0 bridgehead atoms. The molecule has 0 aliphatic heterocycles. The lowest BCUT2D eigenvalue weighted by Crippen LogP contribution is -2.51. The SMILES string of the molecule is CC(F)(OC(F)(F)C(F)(F)F)C(F)(F)F. The maximum Gasteiger partial charge on any atom is 0.483 e. The molecular formula is C5H3F9O. The number of hydrogen-bond acceptors (Lipinski definition) is 1. The number of halogens is 9. The number of ether oxygens (including phenoxy) is 1. The predicted octanol–water partition coefficient (Wildman–Crippen LogP) is 3.41. The summed E-state index contributed by atoms with van der Waals surface area (Å²) in [6.07, 6.45) is -18.6. The zero-order chi connectivity index (χ0) is 12.7. The summed E-state index contributed by atoms with van der Waals surface area (Å²) in [5, 5.41) is 0. The molecular weight excluding hydrogens is 247 g/mol. The third-order valence-electron chi connectivity index (χ3n) is 1.16. The average Bonchev–Trinajstić information content (AvgIpc) is 1.77. The summed E-state index contributed by atoms with van der Waals surface area (Å²) in [7, 11) is 0. The Morgan fingerprint density at radius 3 is 1.20 bits per heavy atom. The van der Waals surface area contributed by atoms with Crippen molar-refractivity contribution in [1.82, 2.24) is 0 Å². The monoisotopic (exact) mass is 250 g/mol. The Bertz CT molecular complexity index is 200. The van der Waals surface area contributed by atoms with Gasteiger partial charge in [-0.2, -0.15) is 35.1 Å². The minimum atomic E-state index is -6.42. The molecule has 10 heteroatoms.